The second-order valence-corrected chi connectivity index (χ2v) is 5.34. The van der Waals surface area contributed by atoms with Gasteiger partial charge >= 0.3 is 5.97 Å². The Morgan fingerprint density at radius 3 is 2.83 bits per heavy atom. The van der Waals surface area contributed by atoms with Crippen LogP contribution in [0.25, 0.3) is 23.0 Å². The first-order valence-electron chi connectivity index (χ1n) is 6.79. The van der Waals surface area contributed by atoms with E-state index in [4.69, 9.17) is 16.7 Å². The van der Waals surface area contributed by atoms with E-state index < -0.39 is 10.9 Å². The molecule has 0 bridgehead atoms. The first kappa shape index (κ1) is 15.7. The summed E-state index contributed by atoms with van der Waals surface area (Å²) in [4.78, 5) is 25.8. The minimum absolute atomic E-state index is 0.0734. The van der Waals surface area contributed by atoms with Gasteiger partial charge in [0, 0.05) is 30.0 Å². The molecule has 0 spiro atoms. The van der Waals surface area contributed by atoms with Crippen molar-refractivity contribution in [1.82, 2.24) is 9.38 Å². The Bertz CT molecular complexity index is 994. The number of hydrogen-bond acceptors (Lipinski definition) is 4. The summed E-state index contributed by atoms with van der Waals surface area (Å²) in [6.45, 7) is 0. The number of carboxylic acid groups (broad SMARTS) is 1. The van der Waals surface area contributed by atoms with Gasteiger partial charge in [0.15, 0.2) is 0 Å². The summed E-state index contributed by atoms with van der Waals surface area (Å²) in [5.74, 6) is -1.11. The molecule has 7 nitrogen and oxygen atoms in total. The number of carboxylic acids is 1. The molecule has 2 heterocycles. The van der Waals surface area contributed by atoms with Crippen LogP contribution in [0.1, 0.15) is 5.69 Å². The number of carbonyl (C=O) groups is 1. The Kier molecular flexibility index (Phi) is 4.01. The van der Waals surface area contributed by atoms with Gasteiger partial charge in [-0.3, -0.25) is 14.5 Å². The number of nitro benzene ring substituents is 1. The van der Waals surface area contributed by atoms with Crippen LogP contribution in [0.2, 0.25) is 5.02 Å². The molecule has 120 valence electrons. The molecule has 0 atom stereocenters. The molecule has 0 aliphatic rings. The van der Waals surface area contributed by atoms with Gasteiger partial charge in [-0.2, -0.15) is 0 Å². The van der Waals surface area contributed by atoms with Gasteiger partial charge in [0.05, 0.1) is 21.3 Å². The molecule has 2 aromatic heterocycles. The summed E-state index contributed by atoms with van der Waals surface area (Å²) in [5.41, 5.74) is 1.88. The van der Waals surface area contributed by atoms with Crippen molar-refractivity contribution in [2.75, 3.05) is 0 Å². The summed E-state index contributed by atoms with van der Waals surface area (Å²) in [5, 5.41) is 20.3. The lowest BCUT2D eigenvalue weighted by molar-refractivity contribution is -0.384. The number of fused-ring (bicyclic) bond motifs is 1. The Balaban J connectivity index is 2.27. The maximum Gasteiger partial charge on any atom is 0.328 e. The van der Waals surface area contributed by atoms with E-state index in [1.807, 2.05) is 0 Å². The summed E-state index contributed by atoms with van der Waals surface area (Å²) < 4.78 is 1.63. The van der Waals surface area contributed by atoms with E-state index in [9.17, 15) is 14.9 Å². The van der Waals surface area contributed by atoms with Crippen molar-refractivity contribution in [2.24, 2.45) is 0 Å². The average molecular weight is 344 g/mol. The highest BCUT2D eigenvalue weighted by Crippen LogP contribution is 2.29. The van der Waals surface area contributed by atoms with E-state index in [0.717, 1.165) is 6.08 Å². The van der Waals surface area contributed by atoms with Crippen LogP contribution in [0.4, 0.5) is 5.69 Å². The zero-order chi connectivity index (χ0) is 17.3. The molecule has 0 radical (unpaired) electrons. The predicted molar refractivity (Wildman–Crippen MR) is 89.0 cm³/mol. The van der Waals surface area contributed by atoms with Crippen molar-refractivity contribution >= 4 is 35.0 Å². The lowest BCUT2D eigenvalue weighted by Gasteiger charge is -2.01. The Morgan fingerprint density at radius 1 is 1.33 bits per heavy atom. The van der Waals surface area contributed by atoms with Crippen LogP contribution in [0.5, 0.6) is 0 Å². The van der Waals surface area contributed by atoms with E-state index in [1.54, 1.807) is 34.9 Å². The van der Waals surface area contributed by atoms with Crippen molar-refractivity contribution in [3.05, 3.63) is 69.5 Å². The number of hydrogen-bond donors (Lipinski definition) is 1. The normalized spacial score (nSPS) is 11.2. The predicted octanol–water partition coefficient (Wildman–Crippen LogP) is 3.66. The second-order valence-electron chi connectivity index (χ2n) is 4.90. The highest BCUT2D eigenvalue weighted by Gasteiger charge is 2.15. The zero-order valence-electron chi connectivity index (χ0n) is 12.1. The molecule has 0 unspecified atom stereocenters. The Morgan fingerprint density at radius 2 is 2.12 bits per heavy atom. The fourth-order valence-corrected chi connectivity index (χ4v) is 2.49. The molecule has 0 saturated heterocycles. The highest BCUT2D eigenvalue weighted by atomic mass is 35.5. The zero-order valence-corrected chi connectivity index (χ0v) is 12.8. The van der Waals surface area contributed by atoms with Crippen molar-refractivity contribution in [3.8, 4) is 11.3 Å². The van der Waals surface area contributed by atoms with Gasteiger partial charge in [-0.1, -0.05) is 23.7 Å². The first-order valence-corrected chi connectivity index (χ1v) is 7.17. The smallest absolute Gasteiger partial charge is 0.328 e. The molecular weight excluding hydrogens is 334 g/mol. The number of non-ortho nitro benzene ring substituents is 1. The van der Waals surface area contributed by atoms with Gasteiger partial charge in [-0.15, -0.1) is 0 Å². The van der Waals surface area contributed by atoms with E-state index in [2.05, 4.69) is 4.98 Å². The monoisotopic (exact) mass is 343 g/mol. The molecular formula is C16H10ClN3O4. The molecule has 3 aromatic rings. The number of nitrogens with zero attached hydrogens (tertiary/aromatic N) is 3. The summed E-state index contributed by atoms with van der Waals surface area (Å²) in [7, 11) is 0. The first-order chi connectivity index (χ1) is 11.5. The van der Waals surface area contributed by atoms with Crippen LogP contribution in [0, 0.1) is 10.1 Å². The minimum Gasteiger partial charge on any atom is -0.478 e. The number of halogens is 1. The quantitative estimate of drug-likeness (QED) is 0.443. The van der Waals surface area contributed by atoms with Crippen molar-refractivity contribution in [3.63, 3.8) is 0 Å². The molecule has 0 aliphatic heterocycles. The van der Waals surface area contributed by atoms with Crippen LogP contribution >= 0.6 is 11.6 Å². The molecule has 0 saturated carbocycles. The largest absolute Gasteiger partial charge is 0.478 e. The minimum atomic E-state index is -1.11. The summed E-state index contributed by atoms with van der Waals surface area (Å²) >= 11 is 6.00. The molecule has 8 heteroatoms. The molecule has 0 aliphatic carbocycles. The van der Waals surface area contributed by atoms with E-state index in [1.165, 1.54) is 18.2 Å². The van der Waals surface area contributed by atoms with E-state index >= 15 is 0 Å². The standard InChI is InChI=1S/C16H10ClN3O4/c17-11-4-6-14-18-16(10-2-1-3-12(8-10)20(23)24)13(19(14)9-11)5-7-15(21)22/h1-9H,(H,21,22). The SMILES string of the molecule is O=C(O)C=Cc1c(-c2cccc([N+](=O)[O-])c2)nc2ccc(Cl)cn12. The maximum absolute atomic E-state index is 11.0. The Hall–Kier alpha value is -3.19. The maximum atomic E-state index is 11.0. The van der Waals surface area contributed by atoms with Crippen LogP contribution < -0.4 is 0 Å². The van der Waals surface area contributed by atoms with Crippen molar-refractivity contribution in [1.29, 1.82) is 0 Å². The second kappa shape index (κ2) is 6.13. The number of benzene rings is 1. The topological polar surface area (TPSA) is 97.7 Å². The van der Waals surface area contributed by atoms with Gasteiger partial charge in [0.25, 0.3) is 5.69 Å². The number of imidazole rings is 1. The molecule has 3 rings (SSSR count). The summed E-state index contributed by atoms with van der Waals surface area (Å²) in [6, 6.07) is 9.33. The number of aromatic nitrogens is 2. The number of rotatable bonds is 4. The summed E-state index contributed by atoms with van der Waals surface area (Å²) in [6.07, 6.45) is 3.96. The lowest BCUT2D eigenvalue weighted by atomic mass is 10.1. The Labute approximate surface area is 140 Å². The van der Waals surface area contributed by atoms with Gasteiger partial charge in [0.1, 0.15) is 5.65 Å². The molecule has 1 N–H and O–H groups in total. The molecule has 1 aromatic carbocycles. The third kappa shape index (κ3) is 2.97. The fourth-order valence-electron chi connectivity index (χ4n) is 2.33. The van der Waals surface area contributed by atoms with Gasteiger partial charge in [0.2, 0.25) is 0 Å². The highest BCUT2D eigenvalue weighted by molar-refractivity contribution is 6.30. The number of pyridine rings is 1. The third-order valence-electron chi connectivity index (χ3n) is 3.33. The van der Waals surface area contributed by atoms with Crippen LogP contribution in [0.3, 0.4) is 0 Å². The number of aliphatic carboxylic acids is 1. The fraction of sp³-hybridized carbons (Fsp3) is 0. The number of nitro groups is 1. The third-order valence-corrected chi connectivity index (χ3v) is 3.56. The van der Waals surface area contributed by atoms with Crippen molar-refractivity contribution < 1.29 is 14.8 Å². The van der Waals surface area contributed by atoms with E-state index in [0.29, 0.717) is 27.6 Å². The van der Waals surface area contributed by atoms with Gasteiger partial charge < -0.3 is 5.11 Å². The van der Waals surface area contributed by atoms with Gasteiger partial charge in [-0.25, -0.2) is 9.78 Å². The van der Waals surface area contributed by atoms with Gasteiger partial charge in [-0.05, 0) is 18.2 Å². The van der Waals surface area contributed by atoms with Crippen LogP contribution in [0.15, 0.2) is 48.7 Å². The van der Waals surface area contributed by atoms with E-state index in [-0.39, 0.29) is 5.69 Å². The lowest BCUT2D eigenvalue weighted by Crippen LogP contribution is -1.92. The van der Waals surface area contributed by atoms with Crippen LogP contribution in [-0.4, -0.2) is 25.4 Å². The average Bonchev–Trinajstić information content (AvgIpc) is 2.90. The molecule has 0 fully saturated rings. The van der Waals surface area contributed by atoms with Crippen molar-refractivity contribution in [2.45, 2.75) is 0 Å². The molecule has 0 amide bonds. The van der Waals surface area contributed by atoms with Crippen LogP contribution in [-0.2, 0) is 4.79 Å². The molecule has 24 heavy (non-hydrogen) atoms.